The molecule has 0 fully saturated rings. The maximum atomic E-state index is 12.4. The number of nitrogens with zero attached hydrogens (tertiary/aromatic N) is 1. The molecule has 1 N–H and O–H groups in total. The van der Waals surface area contributed by atoms with Gasteiger partial charge < -0.3 is 9.72 Å². The lowest BCUT2D eigenvalue weighted by Crippen LogP contribution is -2.12. The maximum Gasteiger partial charge on any atom is 0.266 e. The first kappa shape index (κ1) is 16.5. The molecule has 4 nitrogen and oxygen atoms in total. The van der Waals surface area contributed by atoms with Crippen LogP contribution in [0.25, 0.3) is 22.4 Å². The summed E-state index contributed by atoms with van der Waals surface area (Å²) in [6, 6.07) is 19.2. The fourth-order valence-electron chi connectivity index (χ4n) is 2.74. The first-order valence-corrected chi connectivity index (χ1v) is 8.07. The Balaban J connectivity index is 2.14. The van der Waals surface area contributed by atoms with Gasteiger partial charge in [0, 0.05) is 11.3 Å². The highest BCUT2D eigenvalue weighted by Crippen LogP contribution is 2.27. The number of rotatable bonds is 4. The number of benzene rings is 2. The van der Waals surface area contributed by atoms with Gasteiger partial charge in [-0.3, -0.25) is 4.79 Å². The van der Waals surface area contributed by atoms with Gasteiger partial charge in [0.15, 0.2) is 0 Å². The number of aromatic nitrogens is 1. The highest BCUT2D eigenvalue weighted by molar-refractivity contribution is 5.75. The number of aromatic amines is 1. The first-order valence-electron chi connectivity index (χ1n) is 8.07. The molecule has 0 aliphatic heterocycles. The molecule has 124 valence electrons. The second kappa shape index (κ2) is 7.06. The number of nitriles is 1. The van der Waals surface area contributed by atoms with Crippen LogP contribution in [-0.4, -0.2) is 12.1 Å². The monoisotopic (exact) mass is 330 g/mol. The van der Waals surface area contributed by atoms with Crippen LogP contribution in [0.2, 0.25) is 0 Å². The van der Waals surface area contributed by atoms with Crippen LogP contribution in [0.1, 0.15) is 18.1 Å². The van der Waals surface area contributed by atoms with Gasteiger partial charge in [0.2, 0.25) is 0 Å². The average Bonchev–Trinajstić information content (AvgIpc) is 2.67. The second-order valence-electron chi connectivity index (χ2n) is 5.69. The molecule has 1 aromatic heterocycles. The van der Waals surface area contributed by atoms with Gasteiger partial charge in [-0.1, -0.05) is 43.3 Å². The summed E-state index contributed by atoms with van der Waals surface area (Å²) < 4.78 is 5.17. The molecule has 0 atom stereocenters. The van der Waals surface area contributed by atoms with Crippen LogP contribution in [0.4, 0.5) is 0 Å². The van der Waals surface area contributed by atoms with Gasteiger partial charge in [-0.05, 0) is 41.3 Å². The topological polar surface area (TPSA) is 65.9 Å². The Morgan fingerprint density at radius 2 is 1.68 bits per heavy atom. The molecule has 3 aromatic rings. The van der Waals surface area contributed by atoms with Crippen LogP contribution < -0.4 is 10.3 Å². The van der Waals surface area contributed by atoms with E-state index in [1.165, 1.54) is 5.56 Å². The van der Waals surface area contributed by atoms with Crippen molar-refractivity contribution in [3.63, 3.8) is 0 Å². The zero-order chi connectivity index (χ0) is 17.8. The molecule has 0 saturated carbocycles. The van der Waals surface area contributed by atoms with E-state index in [1.807, 2.05) is 60.7 Å². The van der Waals surface area contributed by atoms with E-state index in [2.05, 4.69) is 11.9 Å². The summed E-state index contributed by atoms with van der Waals surface area (Å²) >= 11 is 0. The molecular formula is C21H18N2O2. The van der Waals surface area contributed by atoms with E-state index in [9.17, 15) is 10.1 Å². The molecule has 0 radical (unpaired) electrons. The van der Waals surface area contributed by atoms with Crippen molar-refractivity contribution in [1.82, 2.24) is 4.98 Å². The number of pyridine rings is 1. The summed E-state index contributed by atoms with van der Waals surface area (Å²) in [5, 5.41) is 9.40. The van der Waals surface area contributed by atoms with Crippen molar-refractivity contribution in [2.45, 2.75) is 13.3 Å². The first-order chi connectivity index (χ1) is 12.2. The normalized spacial score (nSPS) is 10.3. The summed E-state index contributed by atoms with van der Waals surface area (Å²) in [5.74, 6) is 0.725. The molecule has 3 rings (SSSR count). The molecule has 0 unspecified atom stereocenters. The summed E-state index contributed by atoms with van der Waals surface area (Å²) in [7, 11) is 1.60. The van der Waals surface area contributed by atoms with Gasteiger partial charge in [-0.15, -0.1) is 0 Å². The number of nitrogens with one attached hydrogen (secondary N) is 1. The maximum absolute atomic E-state index is 12.4. The Morgan fingerprint density at radius 1 is 1.04 bits per heavy atom. The Hall–Kier alpha value is -3.32. The van der Waals surface area contributed by atoms with Crippen LogP contribution in [0.5, 0.6) is 5.75 Å². The Bertz CT molecular complexity index is 978. The van der Waals surface area contributed by atoms with E-state index in [0.29, 0.717) is 11.3 Å². The summed E-state index contributed by atoms with van der Waals surface area (Å²) in [6.45, 7) is 2.10. The molecule has 2 aromatic carbocycles. The fourth-order valence-corrected chi connectivity index (χ4v) is 2.74. The van der Waals surface area contributed by atoms with Gasteiger partial charge in [-0.25, -0.2) is 0 Å². The van der Waals surface area contributed by atoms with E-state index >= 15 is 0 Å². The predicted octanol–water partition coefficient (Wildman–Crippen LogP) is 4.15. The predicted molar refractivity (Wildman–Crippen MR) is 98.6 cm³/mol. The lowest BCUT2D eigenvalue weighted by Gasteiger charge is -2.09. The van der Waals surface area contributed by atoms with Gasteiger partial charge in [0.1, 0.15) is 17.4 Å². The van der Waals surface area contributed by atoms with Gasteiger partial charge >= 0.3 is 0 Å². The molecule has 0 aliphatic carbocycles. The highest BCUT2D eigenvalue weighted by Gasteiger charge is 2.12. The number of methoxy groups -OCH3 is 1. The van der Waals surface area contributed by atoms with E-state index in [4.69, 9.17) is 4.74 Å². The number of hydrogen-bond donors (Lipinski definition) is 1. The fraction of sp³-hybridized carbons (Fsp3) is 0.143. The number of aryl methyl sites for hydroxylation is 1. The third kappa shape index (κ3) is 3.31. The van der Waals surface area contributed by atoms with Gasteiger partial charge in [-0.2, -0.15) is 5.26 Å². The van der Waals surface area contributed by atoms with Crippen molar-refractivity contribution in [3.05, 3.63) is 76.1 Å². The third-order valence-corrected chi connectivity index (χ3v) is 4.22. The number of H-pyrrole nitrogens is 1. The van der Waals surface area contributed by atoms with Crippen LogP contribution in [0.3, 0.4) is 0 Å². The Morgan fingerprint density at radius 3 is 2.24 bits per heavy atom. The smallest absolute Gasteiger partial charge is 0.266 e. The van der Waals surface area contributed by atoms with Crippen LogP contribution in [-0.2, 0) is 6.42 Å². The second-order valence-corrected chi connectivity index (χ2v) is 5.69. The van der Waals surface area contributed by atoms with E-state index in [0.717, 1.165) is 23.3 Å². The van der Waals surface area contributed by atoms with Crippen molar-refractivity contribution in [3.8, 4) is 34.2 Å². The molecule has 25 heavy (non-hydrogen) atoms. The van der Waals surface area contributed by atoms with Crippen molar-refractivity contribution in [1.29, 1.82) is 5.26 Å². The molecule has 0 aliphatic rings. The lowest BCUT2D eigenvalue weighted by molar-refractivity contribution is 0.415. The minimum Gasteiger partial charge on any atom is -0.497 e. The van der Waals surface area contributed by atoms with E-state index < -0.39 is 0 Å². The van der Waals surface area contributed by atoms with Crippen molar-refractivity contribution < 1.29 is 4.74 Å². The molecule has 4 heteroatoms. The standard InChI is InChI=1S/C21H18N2O2/c1-3-14-4-6-16(7-5-14)20-12-18(19(13-22)21(24)23-20)15-8-10-17(25-2)11-9-15/h4-12H,3H2,1-2H3,(H,23,24). The SMILES string of the molecule is CCc1ccc(-c2cc(-c3ccc(OC)cc3)c(C#N)c(=O)[nH]2)cc1. The zero-order valence-electron chi connectivity index (χ0n) is 14.2. The molecule has 1 heterocycles. The van der Waals surface area contributed by atoms with Gasteiger partial charge in [0.05, 0.1) is 7.11 Å². The highest BCUT2D eigenvalue weighted by atomic mass is 16.5. The molecule has 0 amide bonds. The van der Waals surface area contributed by atoms with Crippen molar-refractivity contribution in [2.24, 2.45) is 0 Å². The van der Waals surface area contributed by atoms with Gasteiger partial charge in [0.25, 0.3) is 5.56 Å². The largest absolute Gasteiger partial charge is 0.497 e. The Kier molecular flexibility index (Phi) is 4.67. The minimum absolute atomic E-state index is 0.110. The lowest BCUT2D eigenvalue weighted by atomic mass is 9.98. The average molecular weight is 330 g/mol. The van der Waals surface area contributed by atoms with Crippen molar-refractivity contribution >= 4 is 0 Å². The van der Waals surface area contributed by atoms with E-state index in [1.54, 1.807) is 7.11 Å². The third-order valence-electron chi connectivity index (χ3n) is 4.22. The summed E-state index contributed by atoms with van der Waals surface area (Å²) in [6.07, 6.45) is 0.960. The van der Waals surface area contributed by atoms with Crippen molar-refractivity contribution in [2.75, 3.05) is 7.11 Å². The molecule has 0 bridgehead atoms. The summed E-state index contributed by atoms with van der Waals surface area (Å²) in [5.41, 5.74) is 3.98. The molecule has 0 spiro atoms. The summed E-state index contributed by atoms with van der Waals surface area (Å²) in [4.78, 5) is 15.2. The number of ether oxygens (including phenoxy) is 1. The molecular weight excluding hydrogens is 312 g/mol. The minimum atomic E-state index is -0.384. The quantitative estimate of drug-likeness (QED) is 0.781. The zero-order valence-corrected chi connectivity index (χ0v) is 14.2. The van der Waals surface area contributed by atoms with Crippen LogP contribution >= 0.6 is 0 Å². The van der Waals surface area contributed by atoms with Crippen LogP contribution in [0, 0.1) is 11.3 Å². The Labute approximate surface area is 146 Å². The number of hydrogen-bond acceptors (Lipinski definition) is 3. The van der Waals surface area contributed by atoms with E-state index in [-0.39, 0.29) is 11.1 Å². The van der Waals surface area contributed by atoms with Crippen LogP contribution in [0.15, 0.2) is 59.4 Å². The molecule has 0 saturated heterocycles.